The highest BCUT2D eigenvalue weighted by Gasteiger charge is 2.18. The largest absolute Gasteiger partial charge is 0.481 e. The molecule has 0 saturated heterocycles. The second-order valence-corrected chi connectivity index (χ2v) is 7.97. The zero-order valence-electron chi connectivity index (χ0n) is 18.0. The molecule has 2 heterocycles. The van der Waals surface area contributed by atoms with Crippen molar-refractivity contribution in [3.8, 4) is 28.4 Å². The Morgan fingerprint density at radius 2 is 1.88 bits per heavy atom. The van der Waals surface area contributed by atoms with E-state index in [0.29, 0.717) is 34.5 Å². The van der Waals surface area contributed by atoms with Crippen molar-refractivity contribution < 1.29 is 23.1 Å². The van der Waals surface area contributed by atoms with Crippen molar-refractivity contribution in [1.29, 1.82) is 0 Å². The summed E-state index contributed by atoms with van der Waals surface area (Å²) in [4.78, 5) is 20.4. The Kier molecular flexibility index (Phi) is 5.93. The van der Waals surface area contributed by atoms with Gasteiger partial charge in [0.2, 0.25) is 0 Å². The predicted molar refractivity (Wildman–Crippen MR) is 119 cm³/mol. The number of carbonyl (C=O) groups excluding carboxylic acids is 1. The number of hydrogen-bond donors (Lipinski definition) is 1. The van der Waals surface area contributed by atoms with Gasteiger partial charge in [-0.05, 0) is 32.9 Å². The van der Waals surface area contributed by atoms with E-state index in [4.69, 9.17) is 18.3 Å². The molecule has 0 radical (unpaired) electrons. The van der Waals surface area contributed by atoms with E-state index in [1.807, 2.05) is 36.4 Å². The first-order valence-corrected chi connectivity index (χ1v) is 10.0. The lowest BCUT2D eigenvalue weighted by atomic mass is 10.1. The molecular formula is C24H23N3O5. The fraction of sp³-hybridized carbons (Fsp3) is 0.208. The Morgan fingerprint density at radius 3 is 2.59 bits per heavy atom. The molecule has 4 rings (SSSR count). The highest BCUT2D eigenvalue weighted by atomic mass is 16.6. The molecule has 0 saturated carbocycles. The van der Waals surface area contributed by atoms with Gasteiger partial charge in [0.15, 0.2) is 24.5 Å². The highest BCUT2D eigenvalue weighted by Crippen LogP contribution is 2.34. The van der Waals surface area contributed by atoms with Crippen LogP contribution in [0.2, 0.25) is 0 Å². The summed E-state index contributed by atoms with van der Waals surface area (Å²) in [6.07, 6.45) is 4.56. The molecular weight excluding hydrogens is 410 g/mol. The lowest BCUT2D eigenvalue weighted by Gasteiger charge is -2.20. The van der Waals surface area contributed by atoms with Crippen molar-refractivity contribution in [2.75, 3.05) is 11.9 Å². The zero-order valence-corrected chi connectivity index (χ0v) is 18.0. The molecule has 0 atom stereocenters. The van der Waals surface area contributed by atoms with Crippen molar-refractivity contribution in [2.45, 2.75) is 26.4 Å². The standard InChI is InChI=1S/C24H23N3O5/c1-24(2,3)32-22(28)14-29-19-11-17(9-10-18(19)21-12-25-15-30-21)27-23-26-13-20(31-23)16-7-5-4-6-8-16/h4-13,15H,14H2,1-3H3,(H,26,27). The average molecular weight is 433 g/mol. The van der Waals surface area contributed by atoms with Crippen molar-refractivity contribution in [3.05, 3.63) is 67.3 Å². The summed E-state index contributed by atoms with van der Waals surface area (Å²) in [6.45, 7) is 5.15. The molecule has 0 spiro atoms. The Hall–Kier alpha value is -4.07. The van der Waals surface area contributed by atoms with Crippen molar-refractivity contribution in [1.82, 2.24) is 9.97 Å². The summed E-state index contributed by atoms with van der Waals surface area (Å²) in [6, 6.07) is 15.4. The van der Waals surface area contributed by atoms with Crippen LogP contribution >= 0.6 is 0 Å². The molecule has 8 nitrogen and oxygen atoms in total. The fourth-order valence-corrected chi connectivity index (χ4v) is 2.97. The summed E-state index contributed by atoms with van der Waals surface area (Å²) >= 11 is 0. The van der Waals surface area contributed by atoms with Crippen LogP contribution in [-0.2, 0) is 9.53 Å². The molecule has 1 N–H and O–H groups in total. The number of benzene rings is 2. The van der Waals surface area contributed by atoms with Gasteiger partial charge in [0.1, 0.15) is 11.4 Å². The Morgan fingerprint density at radius 1 is 1.06 bits per heavy atom. The monoisotopic (exact) mass is 433 g/mol. The van der Waals surface area contributed by atoms with Crippen LogP contribution in [0.5, 0.6) is 5.75 Å². The van der Waals surface area contributed by atoms with E-state index in [1.165, 1.54) is 6.39 Å². The first-order valence-electron chi connectivity index (χ1n) is 10.0. The van der Waals surface area contributed by atoms with Crippen molar-refractivity contribution in [3.63, 3.8) is 0 Å². The van der Waals surface area contributed by atoms with E-state index in [-0.39, 0.29) is 6.61 Å². The van der Waals surface area contributed by atoms with Crippen LogP contribution in [0.1, 0.15) is 20.8 Å². The second kappa shape index (κ2) is 8.97. The maximum Gasteiger partial charge on any atom is 0.344 e. The Balaban J connectivity index is 1.54. The molecule has 0 amide bonds. The van der Waals surface area contributed by atoms with E-state index in [0.717, 1.165) is 5.56 Å². The minimum atomic E-state index is -0.598. The number of esters is 1. The predicted octanol–water partition coefficient (Wildman–Crippen LogP) is 5.46. The van der Waals surface area contributed by atoms with Gasteiger partial charge < -0.3 is 23.6 Å². The maximum absolute atomic E-state index is 12.1. The van der Waals surface area contributed by atoms with E-state index in [2.05, 4.69) is 15.3 Å². The van der Waals surface area contributed by atoms with Crippen LogP contribution < -0.4 is 10.1 Å². The minimum absolute atomic E-state index is 0.251. The average Bonchev–Trinajstić information content (AvgIpc) is 3.44. The summed E-state index contributed by atoms with van der Waals surface area (Å²) in [5, 5.41) is 3.11. The van der Waals surface area contributed by atoms with E-state index in [9.17, 15) is 4.79 Å². The van der Waals surface area contributed by atoms with Gasteiger partial charge in [-0.3, -0.25) is 0 Å². The van der Waals surface area contributed by atoms with Crippen molar-refractivity contribution >= 4 is 17.7 Å². The van der Waals surface area contributed by atoms with Crippen LogP contribution in [0.15, 0.2) is 76.2 Å². The third-order valence-corrected chi connectivity index (χ3v) is 4.26. The van der Waals surface area contributed by atoms with Gasteiger partial charge in [-0.1, -0.05) is 30.3 Å². The summed E-state index contributed by atoms with van der Waals surface area (Å²) in [5.41, 5.74) is 1.64. The first kappa shape index (κ1) is 21.2. The number of aromatic nitrogens is 2. The number of oxazole rings is 2. The molecule has 0 unspecified atom stereocenters. The number of nitrogens with zero attached hydrogens (tertiary/aromatic N) is 2. The van der Waals surface area contributed by atoms with E-state index < -0.39 is 11.6 Å². The fourth-order valence-electron chi connectivity index (χ4n) is 2.97. The van der Waals surface area contributed by atoms with Gasteiger partial charge in [-0.25, -0.2) is 14.8 Å². The third kappa shape index (κ3) is 5.34. The first-order chi connectivity index (χ1) is 15.4. The Labute approximate surface area is 185 Å². The van der Waals surface area contributed by atoms with Gasteiger partial charge in [0, 0.05) is 17.3 Å². The van der Waals surface area contributed by atoms with Gasteiger partial charge in [-0.2, -0.15) is 0 Å². The van der Waals surface area contributed by atoms with Crippen LogP contribution in [0.3, 0.4) is 0 Å². The van der Waals surface area contributed by atoms with Crippen LogP contribution in [-0.4, -0.2) is 28.1 Å². The highest BCUT2D eigenvalue weighted by molar-refractivity contribution is 5.74. The summed E-state index contributed by atoms with van der Waals surface area (Å²) in [7, 11) is 0. The molecule has 4 aromatic rings. The maximum atomic E-state index is 12.1. The van der Waals surface area contributed by atoms with E-state index >= 15 is 0 Å². The number of rotatable bonds is 7. The third-order valence-electron chi connectivity index (χ3n) is 4.26. The molecule has 0 fully saturated rings. The SMILES string of the molecule is CC(C)(C)OC(=O)COc1cc(Nc2ncc(-c3ccccc3)o2)ccc1-c1cnco1. The topological polar surface area (TPSA) is 99.6 Å². The molecule has 0 aliphatic rings. The summed E-state index contributed by atoms with van der Waals surface area (Å²) < 4.78 is 22.3. The van der Waals surface area contributed by atoms with Crippen LogP contribution in [0, 0.1) is 0 Å². The second-order valence-electron chi connectivity index (χ2n) is 7.97. The molecule has 8 heteroatoms. The molecule has 0 aliphatic carbocycles. The normalized spacial score (nSPS) is 11.2. The molecule has 2 aromatic carbocycles. The molecule has 0 bridgehead atoms. The number of ether oxygens (including phenoxy) is 2. The van der Waals surface area contributed by atoms with Crippen LogP contribution in [0.4, 0.5) is 11.7 Å². The van der Waals surface area contributed by atoms with Gasteiger partial charge in [0.25, 0.3) is 6.01 Å². The van der Waals surface area contributed by atoms with Gasteiger partial charge >= 0.3 is 5.97 Å². The van der Waals surface area contributed by atoms with Gasteiger partial charge in [0.05, 0.1) is 18.0 Å². The lowest BCUT2D eigenvalue weighted by molar-refractivity contribution is -0.157. The summed E-state index contributed by atoms with van der Waals surface area (Å²) in [5.74, 6) is 1.11. The molecule has 2 aromatic heterocycles. The Bertz CT molecular complexity index is 1180. The van der Waals surface area contributed by atoms with Crippen LogP contribution in [0.25, 0.3) is 22.6 Å². The zero-order chi connectivity index (χ0) is 22.6. The quantitative estimate of drug-likeness (QED) is 0.384. The smallest absolute Gasteiger partial charge is 0.344 e. The number of carbonyl (C=O) groups is 1. The number of anilines is 2. The number of hydrogen-bond acceptors (Lipinski definition) is 8. The van der Waals surface area contributed by atoms with Crippen molar-refractivity contribution in [2.24, 2.45) is 0 Å². The molecule has 164 valence electrons. The number of nitrogens with one attached hydrogen (secondary N) is 1. The van der Waals surface area contributed by atoms with E-state index in [1.54, 1.807) is 45.3 Å². The van der Waals surface area contributed by atoms with Gasteiger partial charge in [-0.15, -0.1) is 0 Å². The lowest BCUT2D eigenvalue weighted by Crippen LogP contribution is -2.27. The molecule has 32 heavy (non-hydrogen) atoms. The molecule has 0 aliphatic heterocycles. The minimum Gasteiger partial charge on any atom is -0.481 e.